The van der Waals surface area contributed by atoms with Crippen molar-refractivity contribution in [3.63, 3.8) is 0 Å². The van der Waals surface area contributed by atoms with Gasteiger partial charge in [0.2, 0.25) is 0 Å². The molecule has 0 aliphatic heterocycles. The van der Waals surface area contributed by atoms with Crippen LogP contribution in [0.4, 0.5) is 11.4 Å². The third-order valence-corrected chi connectivity index (χ3v) is 5.63. The van der Waals surface area contributed by atoms with Crippen molar-refractivity contribution in [3.8, 4) is 6.07 Å². The minimum Gasteiger partial charge on any atom is -0.372 e. The molecule has 5 heteroatoms. The van der Waals surface area contributed by atoms with Crippen LogP contribution in [0.3, 0.4) is 0 Å². The summed E-state index contributed by atoms with van der Waals surface area (Å²) in [5.41, 5.74) is 3.01. The summed E-state index contributed by atoms with van der Waals surface area (Å²) in [6.07, 6.45) is 14.0. The minimum atomic E-state index is -0.527. The average molecular weight is 434 g/mol. The van der Waals surface area contributed by atoms with Crippen LogP contribution in [0.5, 0.6) is 0 Å². The van der Waals surface area contributed by atoms with Crippen LogP contribution in [0.2, 0.25) is 0 Å². The van der Waals surface area contributed by atoms with Crippen molar-refractivity contribution < 1.29 is 4.92 Å². The molecule has 0 saturated heterocycles. The van der Waals surface area contributed by atoms with E-state index in [9.17, 15) is 10.1 Å². The van der Waals surface area contributed by atoms with Gasteiger partial charge in [-0.1, -0.05) is 76.7 Å². The highest BCUT2D eigenvalue weighted by Gasteiger charge is 2.12. The highest BCUT2D eigenvalue weighted by atomic mass is 16.6. The Balaban J connectivity index is 2.06. The van der Waals surface area contributed by atoms with E-state index < -0.39 is 4.92 Å². The predicted octanol–water partition coefficient (Wildman–Crippen LogP) is 7.60. The molecule has 5 nitrogen and oxygen atoms in total. The second kappa shape index (κ2) is 14.0. The van der Waals surface area contributed by atoms with Crippen LogP contribution < -0.4 is 4.90 Å². The summed E-state index contributed by atoms with van der Waals surface area (Å²) in [6.45, 7) is 6.68. The molecule has 0 amide bonds. The quantitative estimate of drug-likeness (QED) is 0.133. The van der Waals surface area contributed by atoms with Crippen LogP contribution in [-0.4, -0.2) is 18.0 Å². The second-order valence-corrected chi connectivity index (χ2v) is 8.18. The lowest BCUT2D eigenvalue weighted by molar-refractivity contribution is -0.385. The van der Waals surface area contributed by atoms with E-state index in [0.29, 0.717) is 0 Å². The number of benzene rings is 2. The van der Waals surface area contributed by atoms with Gasteiger partial charge in [0.1, 0.15) is 11.6 Å². The molecule has 0 aliphatic carbocycles. The first-order valence-electron chi connectivity index (χ1n) is 11.8. The van der Waals surface area contributed by atoms with Gasteiger partial charge in [-0.3, -0.25) is 10.1 Å². The minimum absolute atomic E-state index is 0.0780. The van der Waals surface area contributed by atoms with E-state index in [1.165, 1.54) is 63.1 Å². The van der Waals surface area contributed by atoms with Crippen molar-refractivity contribution in [1.29, 1.82) is 5.26 Å². The summed E-state index contributed by atoms with van der Waals surface area (Å²) < 4.78 is 0. The monoisotopic (exact) mass is 433 g/mol. The SMILES string of the molecule is CCCCCCN(CCCCCC)c1ccc(C=Cc2ccc([N+](=O)[O-])c(C#N)c2)cc1. The summed E-state index contributed by atoms with van der Waals surface area (Å²) in [5, 5.41) is 20.1. The molecular weight excluding hydrogens is 398 g/mol. The lowest BCUT2D eigenvalue weighted by atomic mass is 10.1. The van der Waals surface area contributed by atoms with Crippen LogP contribution in [0.15, 0.2) is 42.5 Å². The Labute approximate surface area is 192 Å². The zero-order valence-electron chi connectivity index (χ0n) is 19.4. The van der Waals surface area contributed by atoms with Gasteiger partial charge in [0.25, 0.3) is 5.69 Å². The first-order valence-corrected chi connectivity index (χ1v) is 11.8. The summed E-state index contributed by atoms with van der Waals surface area (Å²) >= 11 is 0. The number of anilines is 1. The summed E-state index contributed by atoms with van der Waals surface area (Å²) in [6, 6.07) is 15.1. The van der Waals surface area contributed by atoms with Crippen molar-refractivity contribution in [1.82, 2.24) is 0 Å². The molecule has 2 aromatic carbocycles. The van der Waals surface area contributed by atoms with Crippen LogP contribution in [0, 0.1) is 21.4 Å². The van der Waals surface area contributed by atoms with Gasteiger partial charge in [-0.25, -0.2) is 0 Å². The summed E-state index contributed by atoms with van der Waals surface area (Å²) in [5.74, 6) is 0. The molecular formula is C27H35N3O2. The fraction of sp³-hybridized carbons (Fsp3) is 0.444. The Morgan fingerprint density at radius 1 is 0.875 bits per heavy atom. The van der Waals surface area contributed by atoms with Gasteiger partial charge < -0.3 is 4.90 Å². The number of hydrogen-bond donors (Lipinski definition) is 0. The normalized spacial score (nSPS) is 10.9. The second-order valence-electron chi connectivity index (χ2n) is 8.18. The highest BCUT2D eigenvalue weighted by Crippen LogP contribution is 2.22. The maximum absolute atomic E-state index is 11.0. The van der Waals surface area contributed by atoms with E-state index >= 15 is 0 Å². The Hall–Kier alpha value is -3.13. The summed E-state index contributed by atoms with van der Waals surface area (Å²) in [7, 11) is 0. The third-order valence-electron chi connectivity index (χ3n) is 5.63. The molecule has 0 N–H and O–H groups in total. The van der Waals surface area contributed by atoms with Gasteiger partial charge in [-0.2, -0.15) is 5.26 Å². The first kappa shape index (κ1) is 25.1. The van der Waals surface area contributed by atoms with Crippen molar-refractivity contribution >= 4 is 23.5 Å². The standard InChI is InChI=1S/C27H35N3O2/c1-3-5-7-9-19-29(20-10-8-6-4-2)26-16-13-23(14-17-26)11-12-24-15-18-27(30(31)32)25(21-24)22-28/h11-18,21H,3-10,19-20H2,1-2H3. The fourth-order valence-electron chi connectivity index (χ4n) is 3.72. The van der Waals surface area contributed by atoms with Gasteiger partial charge in [0, 0.05) is 24.8 Å². The molecule has 2 aromatic rings. The third kappa shape index (κ3) is 8.19. The van der Waals surface area contributed by atoms with E-state index in [0.717, 1.165) is 24.2 Å². The van der Waals surface area contributed by atoms with E-state index in [4.69, 9.17) is 5.26 Å². The molecule has 0 radical (unpaired) electrons. The zero-order chi connectivity index (χ0) is 23.2. The summed E-state index contributed by atoms with van der Waals surface area (Å²) in [4.78, 5) is 13.0. The van der Waals surface area contributed by atoms with Crippen molar-refractivity contribution in [2.24, 2.45) is 0 Å². The Kier molecular flexibility index (Phi) is 11.0. The molecule has 32 heavy (non-hydrogen) atoms. The van der Waals surface area contributed by atoms with Crippen molar-refractivity contribution in [2.75, 3.05) is 18.0 Å². The van der Waals surface area contributed by atoms with E-state index in [-0.39, 0.29) is 11.3 Å². The number of nitro benzene ring substituents is 1. The number of nitrogens with zero attached hydrogens (tertiary/aromatic N) is 3. The predicted molar refractivity (Wildman–Crippen MR) is 134 cm³/mol. The van der Waals surface area contributed by atoms with Crippen LogP contribution in [-0.2, 0) is 0 Å². The van der Waals surface area contributed by atoms with Gasteiger partial charge in [0.05, 0.1) is 4.92 Å². The Morgan fingerprint density at radius 3 is 1.97 bits per heavy atom. The molecule has 0 spiro atoms. The van der Waals surface area contributed by atoms with Crippen LogP contribution in [0.25, 0.3) is 12.2 Å². The largest absolute Gasteiger partial charge is 0.372 e. The smallest absolute Gasteiger partial charge is 0.287 e. The van der Waals surface area contributed by atoms with E-state index in [2.05, 4.69) is 43.0 Å². The fourth-order valence-corrected chi connectivity index (χ4v) is 3.72. The van der Waals surface area contributed by atoms with E-state index in [1.54, 1.807) is 12.1 Å². The maximum Gasteiger partial charge on any atom is 0.287 e. The van der Waals surface area contributed by atoms with Crippen LogP contribution >= 0.6 is 0 Å². The van der Waals surface area contributed by atoms with E-state index in [1.807, 2.05) is 18.2 Å². The Bertz CT molecular complexity index is 901. The molecule has 0 heterocycles. The maximum atomic E-state index is 11.0. The molecule has 170 valence electrons. The number of nitro groups is 1. The van der Waals surface area contributed by atoms with Gasteiger partial charge >= 0.3 is 0 Å². The molecule has 0 aliphatic rings. The molecule has 0 unspecified atom stereocenters. The Morgan fingerprint density at radius 2 is 1.44 bits per heavy atom. The molecule has 0 atom stereocenters. The van der Waals surface area contributed by atoms with Crippen molar-refractivity contribution in [2.45, 2.75) is 65.2 Å². The molecule has 2 rings (SSSR count). The number of unbranched alkanes of at least 4 members (excludes halogenated alkanes) is 6. The molecule has 0 bridgehead atoms. The molecule has 0 saturated carbocycles. The van der Waals surface area contributed by atoms with Crippen molar-refractivity contribution in [3.05, 3.63) is 69.3 Å². The van der Waals surface area contributed by atoms with Gasteiger partial charge in [0.15, 0.2) is 0 Å². The molecule has 0 fully saturated rings. The topological polar surface area (TPSA) is 70.2 Å². The average Bonchev–Trinajstić information content (AvgIpc) is 2.81. The highest BCUT2D eigenvalue weighted by molar-refractivity contribution is 5.72. The zero-order valence-corrected chi connectivity index (χ0v) is 19.4. The number of rotatable bonds is 14. The number of hydrogen-bond acceptors (Lipinski definition) is 4. The van der Waals surface area contributed by atoms with Gasteiger partial charge in [-0.15, -0.1) is 0 Å². The number of nitriles is 1. The first-order chi connectivity index (χ1) is 15.6. The lowest BCUT2D eigenvalue weighted by Crippen LogP contribution is -2.25. The molecule has 0 aromatic heterocycles. The van der Waals surface area contributed by atoms with Crippen LogP contribution in [0.1, 0.15) is 81.9 Å². The lowest BCUT2D eigenvalue weighted by Gasteiger charge is -2.25. The van der Waals surface area contributed by atoms with Gasteiger partial charge in [-0.05, 0) is 48.2 Å².